The van der Waals surface area contributed by atoms with Crippen molar-refractivity contribution < 1.29 is 4.74 Å². The molecule has 0 aliphatic heterocycles. The minimum absolute atomic E-state index is 0.674. The van der Waals surface area contributed by atoms with Crippen LogP contribution in [0.25, 0.3) is 0 Å². The van der Waals surface area contributed by atoms with Gasteiger partial charge in [0.2, 0.25) is 5.69 Å². The monoisotopic (exact) mass is 289 g/mol. The minimum atomic E-state index is 0.674. The second-order valence-electron chi connectivity index (χ2n) is 3.80. The maximum Gasteiger partial charge on any atom is 0.219 e. The first-order valence-electron chi connectivity index (χ1n) is 5.29. The van der Waals surface area contributed by atoms with Crippen LogP contribution >= 0.6 is 15.9 Å². The van der Waals surface area contributed by atoms with Crippen LogP contribution in [0.2, 0.25) is 0 Å². The second-order valence-corrected chi connectivity index (χ2v) is 4.71. The first-order valence-corrected chi connectivity index (χ1v) is 6.08. The zero-order valence-corrected chi connectivity index (χ0v) is 11.0. The summed E-state index contributed by atoms with van der Waals surface area (Å²) in [5, 5.41) is 12.0. The zero-order valence-electron chi connectivity index (χ0n) is 9.43. The Kier molecular flexibility index (Phi) is 3.59. The van der Waals surface area contributed by atoms with Gasteiger partial charge in [-0.3, -0.25) is 0 Å². The summed E-state index contributed by atoms with van der Waals surface area (Å²) in [5.41, 5.74) is 2.51. The highest BCUT2D eigenvalue weighted by molar-refractivity contribution is 9.10. The maximum absolute atomic E-state index is 12.0. The number of rotatable bonds is 2. The highest BCUT2D eigenvalue weighted by atomic mass is 79.9. The molecule has 0 atom stereocenters. The summed E-state index contributed by atoms with van der Waals surface area (Å²) in [5.74, 6) is 0. The summed E-state index contributed by atoms with van der Waals surface area (Å²) >= 11 is 3.38. The van der Waals surface area contributed by atoms with Crippen molar-refractivity contribution in [3.05, 3.63) is 69.3 Å². The third kappa shape index (κ3) is 2.94. The molecule has 0 amide bonds. The fraction of sp³-hybridized carbons (Fsp3) is 0.0714. The van der Waals surface area contributed by atoms with E-state index < -0.39 is 0 Å². The molecule has 0 aliphatic rings. The van der Waals surface area contributed by atoms with Crippen LogP contribution in [0.5, 0.6) is 0 Å². The predicted octanol–water partition coefficient (Wildman–Crippen LogP) is 4.02. The van der Waals surface area contributed by atoms with E-state index in [1.165, 1.54) is 0 Å². The number of halogens is 1. The molecule has 0 aliphatic carbocycles. The lowest BCUT2D eigenvalue weighted by molar-refractivity contribution is -0.355. The summed E-state index contributed by atoms with van der Waals surface area (Å²) in [6.45, 7) is 1.93. The van der Waals surface area contributed by atoms with E-state index in [2.05, 4.69) is 15.9 Å². The van der Waals surface area contributed by atoms with E-state index in [4.69, 9.17) is 0 Å². The molecular formula is C14H12BrNO. The van der Waals surface area contributed by atoms with Gasteiger partial charge in [0.05, 0.1) is 0 Å². The molecule has 0 saturated carbocycles. The Labute approximate surface area is 109 Å². The Bertz CT molecular complexity index is 564. The van der Waals surface area contributed by atoms with Gasteiger partial charge in [0.25, 0.3) is 0 Å². The van der Waals surface area contributed by atoms with Crippen LogP contribution < -0.4 is 0 Å². The van der Waals surface area contributed by atoms with Crippen molar-refractivity contribution in [2.24, 2.45) is 0 Å². The van der Waals surface area contributed by atoms with Crippen LogP contribution in [0.4, 0.5) is 5.69 Å². The highest BCUT2D eigenvalue weighted by Crippen LogP contribution is 2.17. The van der Waals surface area contributed by atoms with Crippen LogP contribution in [-0.2, 0) is 0 Å². The van der Waals surface area contributed by atoms with Crippen molar-refractivity contribution in [3.8, 4) is 0 Å². The average molecular weight is 290 g/mol. The topological polar surface area (TPSA) is 26.1 Å². The average Bonchev–Trinajstić information content (AvgIpc) is 2.29. The van der Waals surface area contributed by atoms with E-state index >= 15 is 0 Å². The number of hydrogen-bond donors (Lipinski definition) is 0. The highest BCUT2D eigenvalue weighted by Gasteiger charge is 2.05. The van der Waals surface area contributed by atoms with Gasteiger partial charge in [0.15, 0.2) is 6.21 Å². The Morgan fingerprint density at radius 3 is 2.59 bits per heavy atom. The number of para-hydroxylation sites is 1. The molecule has 2 rings (SSSR count). The molecule has 2 nitrogen and oxygen atoms in total. The van der Waals surface area contributed by atoms with Crippen molar-refractivity contribution in [3.63, 3.8) is 0 Å². The molecule has 0 unspecified atom stereocenters. The Morgan fingerprint density at radius 2 is 1.88 bits per heavy atom. The summed E-state index contributed by atoms with van der Waals surface area (Å²) in [7, 11) is 0. The molecule has 0 fully saturated rings. The predicted molar refractivity (Wildman–Crippen MR) is 73.8 cm³/mol. The molecule has 0 N–H and O–H groups in total. The van der Waals surface area contributed by atoms with E-state index in [1.807, 2.05) is 55.5 Å². The molecule has 17 heavy (non-hydrogen) atoms. The molecule has 2 aromatic carbocycles. The molecule has 0 aromatic heterocycles. The molecule has 0 saturated heterocycles. The van der Waals surface area contributed by atoms with Crippen molar-refractivity contribution in [1.82, 2.24) is 0 Å². The molecule has 2 aromatic rings. The lowest BCUT2D eigenvalue weighted by Gasteiger charge is -2.05. The van der Waals surface area contributed by atoms with Gasteiger partial charge in [-0.25, -0.2) is 0 Å². The molecule has 0 heterocycles. The van der Waals surface area contributed by atoms with Crippen LogP contribution in [0.15, 0.2) is 53.0 Å². The standard InChI is InChI=1S/C14H12BrNO/c1-11-5-2-3-8-14(11)16(17)10-12-6-4-7-13(15)9-12/h2-10H,1H3/b16-10-. The van der Waals surface area contributed by atoms with Crippen molar-refractivity contribution >= 4 is 27.8 Å². The van der Waals surface area contributed by atoms with Gasteiger partial charge in [0.1, 0.15) is 0 Å². The third-order valence-corrected chi connectivity index (χ3v) is 2.96. The van der Waals surface area contributed by atoms with Crippen molar-refractivity contribution in [2.45, 2.75) is 6.92 Å². The SMILES string of the molecule is Cc1ccccc1/[N+]([O-])=C/c1cccc(Br)c1. The fourth-order valence-electron chi connectivity index (χ4n) is 1.60. The zero-order chi connectivity index (χ0) is 12.3. The largest absolute Gasteiger partial charge is 0.618 e. The molecule has 0 radical (unpaired) electrons. The van der Waals surface area contributed by atoms with Crippen molar-refractivity contribution in [1.29, 1.82) is 0 Å². The van der Waals surface area contributed by atoms with E-state index in [0.717, 1.165) is 20.3 Å². The number of nitrogens with zero attached hydrogens (tertiary/aromatic N) is 1. The van der Waals surface area contributed by atoms with Gasteiger partial charge in [-0.1, -0.05) is 40.2 Å². The van der Waals surface area contributed by atoms with Gasteiger partial charge >= 0.3 is 0 Å². The molecule has 3 heteroatoms. The fourth-order valence-corrected chi connectivity index (χ4v) is 2.02. The summed E-state index contributed by atoms with van der Waals surface area (Å²) in [6.07, 6.45) is 1.58. The third-order valence-electron chi connectivity index (χ3n) is 2.47. The Hall–Kier alpha value is -1.61. The van der Waals surface area contributed by atoms with E-state index in [-0.39, 0.29) is 0 Å². The van der Waals surface area contributed by atoms with Gasteiger partial charge in [-0.15, -0.1) is 0 Å². The minimum Gasteiger partial charge on any atom is -0.618 e. The smallest absolute Gasteiger partial charge is 0.219 e. The van der Waals surface area contributed by atoms with Crippen LogP contribution in [0.1, 0.15) is 11.1 Å². The summed E-state index contributed by atoms with van der Waals surface area (Å²) < 4.78 is 1.86. The van der Waals surface area contributed by atoms with Gasteiger partial charge in [-0.2, -0.15) is 4.74 Å². The lowest BCUT2D eigenvalue weighted by Crippen LogP contribution is -2.00. The summed E-state index contributed by atoms with van der Waals surface area (Å²) in [6, 6.07) is 15.2. The van der Waals surface area contributed by atoms with Crippen LogP contribution in [-0.4, -0.2) is 11.0 Å². The normalized spacial score (nSPS) is 11.5. The maximum atomic E-state index is 12.0. The Morgan fingerprint density at radius 1 is 1.12 bits per heavy atom. The van der Waals surface area contributed by atoms with E-state index in [0.29, 0.717) is 5.69 Å². The second kappa shape index (κ2) is 5.15. The van der Waals surface area contributed by atoms with Gasteiger partial charge in [0, 0.05) is 21.7 Å². The molecular weight excluding hydrogens is 278 g/mol. The van der Waals surface area contributed by atoms with Gasteiger partial charge in [-0.05, 0) is 25.1 Å². The lowest BCUT2D eigenvalue weighted by atomic mass is 10.2. The van der Waals surface area contributed by atoms with Crippen LogP contribution in [0.3, 0.4) is 0 Å². The molecule has 0 bridgehead atoms. The quantitative estimate of drug-likeness (QED) is 0.355. The summed E-state index contributed by atoms with van der Waals surface area (Å²) in [4.78, 5) is 0. The first kappa shape index (κ1) is 11.9. The van der Waals surface area contributed by atoms with Crippen molar-refractivity contribution in [2.75, 3.05) is 0 Å². The van der Waals surface area contributed by atoms with E-state index in [1.54, 1.807) is 6.21 Å². The Balaban J connectivity index is 2.38. The number of hydrogen-bond acceptors (Lipinski definition) is 1. The molecule has 0 spiro atoms. The van der Waals surface area contributed by atoms with Gasteiger partial charge < -0.3 is 5.21 Å². The number of aryl methyl sites for hydroxylation is 1. The van der Waals surface area contributed by atoms with E-state index in [9.17, 15) is 5.21 Å². The first-order chi connectivity index (χ1) is 8.16. The van der Waals surface area contributed by atoms with Crippen LogP contribution in [0, 0.1) is 12.1 Å². The molecule has 86 valence electrons. The number of benzene rings is 2.